The SMILES string of the molecule is CCS(=O)(=O)N1CCC(c2nc(C)ccc2C(=O)Nc2ccc(C)cc2)CC1. The van der Waals surface area contributed by atoms with Crippen LogP contribution in [-0.4, -0.2) is 42.5 Å². The number of hydrogen-bond donors (Lipinski definition) is 1. The molecule has 0 aliphatic carbocycles. The smallest absolute Gasteiger partial charge is 0.257 e. The third-order valence-corrected chi connectivity index (χ3v) is 7.10. The molecule has 1 aromatic carbocycles. The van der Waals surface area contributed by atoms with Crippen molar-refractivity contribution >= 4 is 21.6 Å². The summed E-state index contributed by atoms with van der Waals surface area (Å²) in [5.41, 5.74) is 4.04. The number of piperidine rings is 1. The number of carbonyl (C=O) groups is 1. The van der Waals surface area contributed by atoms with Gasteiger partial charge in [0.1, 0.15) is 0 Å². The molecule has 7 heteroatoms. The predicted octanol–water partition coefficient (Wildman–Crippen LogP) is 3.48. The molecule has 6 nitrogen and oxygen atoms in total. The zero-order valence-corrected chi connectivity index (χ0v) is 17.4. The lowest BCUT2D eigenvalue weighted by atomic mass is 9.90. The van der Waals surface area contributed by atoms with Crippen LogP contribution in [0, 0.1) is 13.8 Å². The van der Waals surface area contributed by atoms with Crippen molar-refractivity contribution in [2.75, 3.05) is 24.2 Å². The molecule has 1 aliphatic rings. The maximum atomic E-state index is 12.9. The molecule has 0 atom stereocenters. The summed E-state index contributed by atoms with van der Waals surface area (Å²) in [6, 6.07) is 11.3. The summed E-state index contributed by atoms with van der Waals surface area (Å²) < 4.78 is 25.7. The second-order valence-corrected chi connectivity index (χ2v) is 9.54. The fourth-order valence-corrected chi connectivity index (χ4v) is 4.64. The van der Waals surface area contributed by atoms with Crippen molar-refractivity contribution < 1.29 is 13.2 Å². The van der Waals surface area contributed by atoms with E-state index in [1.54, 1.807) is 11.2 Å². The van der Waals surface area contributed by atoms with Gasteiger partial charge in [-0.15, -0.1) is 0 Å². The number of hydrogen-bond acceptors (Lipinski definition) is 4. The van der Waals surface area contributed by atoms with Gasteiger partial charge >= 0.3 is 0 Å². The van der Waals surface area contributed by atoms with Crippen LogP contribution in [0.2, 0.25) is 0 Å². The minimum Gasteiger partial charge on any atom is -0.322 e. The first-order valence-electron chi connectivity index (χ1n) is 9.63. The molecule has 1 saturated heterocycles. The predicted molar refractivity (Wildman–Crippen MR) is 111 cm³/mol. The van der Waals surface area contributed by atoms with Crippen molar-refractivity contribution in [3.05, 3.63) is 58.9 Å². The molecule has 1 amide bonds. The van der Waals surface area contributed by atoms with E-state index >= 15 is 0 Å². The van der Waals surface area contributed by atoms with Crippen molar-refractivity contribution in [1.29, 1.82) is 0 Å². The number of amides is 1. The van der Waals surface area contributed by atoms with Gasteiger partial charge in [0, 0.05) is 30.4 Å². The highest BCUT2D eigenvalue weighted by Gasteiger charge is 2.30. The summed E-state index contributed by atoms with van der Waals surface area (Å²) >= 11 is 0. The lowest BCUT2D eigenvalue weighted by Crippen LogP contribution is -2.39. The Kier molecular flexibility index (Phi) is 6.15. The molecule has 0 saturated carbocycles. The normalized spacial score (nSPS) is 16.1. The van der Waals surface area contributed by atoms with E-state index in [0.29, 0.717) is 31.5 Å². The van der Waals surface area contributed by atoms with Crippen LogP contribution in [0.1, 0.15) is 53.0 Å². The van der Waals surface area contributed by atoms with Crippen LogP contribution in [0.4, 0.5) is 5.69 Å². The van der Waals surface area contributed by atoms with Crippen LogP contribution in [0.3, 0.4) is 0 Å². The van der Waals surface area contributed by atoms with Gasteiger partial charge in [0.25, 0.3) is 5.91 Å². The summed E-state index contributed by atoms with van der Waals surface area (Å²) in [5.74, 6) is 0.00169. The third-order valence-electron chi connectivity index (χ3n) is 5.22. The lowest BCUT2D eigenvalue weighted by Gasteiger charge is -2.31. The number of pyridine rings is 1. The van der Waals surface area contributed by atoms with E-state index in [9.17, 15) is 13.2 Å². The highest BCUT2D eigenvalue weighted by atomic mass is 32.2. The zero-order chi connectivity index (χ0) is 20.3. The number of rotatable bonds is 5. The van der Waals surface area contributed by atoms with E-state index in [1.807, 2.05) is 50.2 Å². The minimum atomic E-state index is -3.17. The molecule has 1 aromatic heterocycles. The molecule has 0 radical (unpaired) electrons. The number of nitrogens with one attached hydrogen (secondary N) is 1. The molecular weight excluding hydrogens is 374 g/mol. The molecule has 3 rings (SSSR count). The van der Waals surface area contributed by atoms with Gasteiger partial charge < -0.3 is 5.32 Å². The van der Waals surface area contributed by atoms with E-state index in [4.69, 9.17) is 0 Å². The van der Waals surface area contributed by atoms with Gasteiger partial charge in [0.15, 0.2) is 0 Å². The second-order valence-electron chi connectivity index (χ2n) is 7.28. The molecule has 2 heterocycles. The monoisotopic (exact) mass is 401 g/mol. The van der Waals surface area contributed by atoms with Crippen LogP contribution < -0.4 is 5.32 Å². The summed E-state index contributed by atoms with van der Waals surface area (Å²) in [7, 11) is -3.17. The number of benzene rings is 1. The van der Waals surface area contributed by atoms with E-state index in [2.05, 4.69) is 10.3 Å². The maximum Gasteiger partial charge on any atom is 0.257 e. The first-order valence-corrected chi connectivity index (χ1v) is 11.2. The Labute approximate surface area is 167 Å². The van der Waals surface area contributed by atoms with Crippen LogP contribution in [0.25, 0.3) is 0 Å². The number of nitrogens with zero attached hydrogens (tertiary/aromatic N) is 2. The minimum absolute atomic E-state index is 0.0713. The summed E-state index contributed by atoms with van der Waals surface area (Å²) in [5, 5.41) is 2.94. The number of anilines is 1. The molecule has 28 heavy (non-hydrogen) atoms. The quantitative estimate of drug-likeness (QED) is 0.832. The van der Waals surface area contributed by atoms with Crippen molar-refractivity contribution in [3.63, 3.8) is 0 Å². The van der Waals surface area contributed by atoms with Crippen molar-refractivity contribution in [2.24, 2.45) is 0 Å². The van der Waals surface area contributed by atoms with E-state index in [1.165, 1.54) is 0 Å². The van der Waals surface area contributed by atoms with Gasteiger partial charge in [-0.1, -0.05) is 17.7 Å². The van der Waals surface area contributed by atoms with Gasteiger partial charge in [0.2, 0.25) is 10.0 Å². The standard InChI is InChI=1S/C21H27N3O3S/c1-4-28(26,27)24-13-11-17(12-14-24)20-19(10-7-16(3)22-20)21(25)23-18-8-5-15(2)6-9-18/h5-10,17H,4,11-14H2,1-3H3,(H,23,25). The van der Waals surface area contributed by atoms with Crippen molar-refractivity contribution in [1.82, 2.24) is 9.29 Å². The van der Waals surface area contributed by atoms with Gasteiger partial charge in [0.05, 0.1) is 17.0 Å². The molecule has 1 aliphatic heterocycles. The average Bonchev–Trinajstić information content (AvgIpc) is 2.69. The Balaban J connectivity index is 1.79. The number of carbonyl (C=O) groups excluding carboxylic acids is 1. The Hall–Kier alpha value is -2.25. The van der Waals surface area contributed by atoms with E-state index in [-0.39, 0.29) is 17.6 Å². The molecular formula is C21H27N3O3S. The van der Waals surface area contributed by atoms with Crippen molar-refractivity contribution in [2.45, 2.75) is 39.5 Å². The highest BCUT2D eigenvalue weighted by Crippen LogP contribution is 2.31. The van der Waals surface area contributed by atoms with Crippen LogP contribution in [0.15, 0.2) is 36.4 Å². The zero-order valence-electron chi connectivity index (χ0n) is 16.6. The van der Waals surface area contributed by atoms with Crippen LogP contribution in [-0.2, 0) is 10.0 Å². The number of aryl methyl sites for hydroxylation is 2. The largest absolute Gasteiger partial charge is 0.322 e. The Morgan fingerprint density at radius 3 is 2.36 bits per heavy atom. The van der Waals surface area contributed by atoms with Gasteiger partial charge in [-0.05, 0) is 57.9 Å². The molecule has 2 aromatic rings. The van der Waals surface area contributed by atoms with Gasteiger partial charge in [-0.2, -0.15) is 0 Å². The van der Waals surface area contributed by atoms with Gasteiger partial charge in [-0.3, -0.25) is 9.78 Å². The topological polar surface area (TPSA) is 79.4 Å². The average molecular weight is 402 g/mol. The van der Waals surface area contributed by atoms with E-state index in [0.717, 1.165) is 22.6 Å². The highest BCUT2D eigenvalue weighted by molar-refractivity contribution is 7.89. The molecule has 0 bridgehead atoms. The van der Waals surface area contributed by atoms with Gasteiger partial charge in [-0.25, -0.2) is 12.7 Å². The van der Waals surface area contributed by atoms with Crippen LogP contribution >= 0.6 is 0 Å². The summed E-state index contributed by atoms with van der Waals surface area (Å²) in [6.45, 7) is 6.50. The Bertz CT molecular complexity index is 947. The number of aromatic nitrogens is 1. The maximum absolute atomic E-state index is 12.9. The summed E-state index contributed by atoms with van der Waals surface area (Å²) in [4.78, 5) is 17.5. The Morgan fingerprint density at radius 1 is 1.11 bits per heavy atom. The summed E-state index contributed by atoms with van der Waals surface area (Å²) in [6.07, 6.45) is 1.33. The second kappa shape index (κ2) is 8.41. The molecule has 0 unspecified atom stereocenters. The number of sulfonamides is 1. The Morgan fingerprint density at radius 2 is 1.75 bits per heavy atom. The third kappa shape index (κ3) is 4.59. The van der Waals surface area contributed by atoms with Crippen LogP contribution in [0.5, 0.6) is 0 Å². The van der Waals surface area contributed by atoms with Crippen molar-refractivity contribution in [3.8, 4) is 0 Å². The lowest BCUT2D eigenvalue weighted by molar-refractivity contribution is 0.102. The molecule has 150 valence electrons. The molecule has 1 fully saturated rings. The molecule has 0 spiro atoms. The first-order chi connectivity index (χ1) is 13.3. The fraction of sp³-hybridized carbons (Fsp3) is 0.429. The first kappa shape index (κ1) is 20.5. The molecule has 1 N–H and O–H groups in total. The van der Waals surface area contributed by atoms with E-state index < -0.39 is 10.0 Å². The fourth-order valence-electron chi connectivity index (χ4n) is 3.51.